The number of carbonyl (C=O) groups excluding carboxylic acids is 2. The number of anilines is 1. The Balaban J connectivity index is 1.15. The van der Waals surface area contributed by atoms with E-state index in [1.807, 2.05) is 42.5 Å². The molecule has 7 nitrogen and oxygen atoms in total. The molecule has 6 rings (SSSR count). The first kappa shape index (κ1) is 27.2. The molecule has 0 unspecified atom stereocenters. The van der Waals surface area contributed by atoms with Crippen LogP contribution < -0.4 is 5.32 Å². The third-order valence-corrected chi connectivity index (χ3v) is 9.28. The highest BCUT2D eigenvalue weighted by Gasteiger charge is 2.31. The van der Waals surface area contributed by atoms with Crippen molar-refractivity contribution >= 4 is 46.4 Å². The van der Waals surface area contributed by atoms with Gasteiger partial charge in [0.25, 0.3) is 11.8 Å². The lowest BCUT2D eigenvalue weighted by Gasteiger charge is -2.32. The Labute approximate surface area is 246 Å². The van der Waals surface area contributed by atoms with Crippen LogP contribution >= 0.6 is 22.9 Å². The number of amides is 2. The summed E-state index contributed by atoms with van der Waals surface area (Å²) in [6.07, 6.45) is 3.72. The number of benzene rings is 3. The van der Waals surface area contributed by atoms with Crippen LogP contribution in [0.3, 0.4) is 0 Å². The number of hydrogen-bond donors (Lipinski definition) is 2. The van der Waals surface area contributed by atoms with E-state index in [9.17, 15) is 14.4 Å². The average molecular weight is 586 g/mol. The molecule has 2 amide bonds. The summed E-state index contributed by atoms with van der Waals surface area (Å²) in [6, 6.07) is 21.7. The van der Waals surface area contributed by atoms with Crippen LogP contribution in [-0.2, 0) is 0 Å². The lowest BCUT2D eigenvalue weighted by atomic mass is 9.89. The number of thiazole rings is 1. The highest BCUT2D eigenvalue weighted by molar-refractivity contribution is 7.15. The van der Waals surface area contributed by atoms with Crippen molar-refractivity contribution in [2.45, 2.75) is 37.5 Å². The molecule has 2 aliphatic rings. The van der Waals surface area contributed by atoms with Gasteiger partial charge in [0.2, 0.25) is 0 Å². The van der Waals surface area contributed by atoms with Gasteiger partial charge in [0.05, 0.1) is 26.0 Å². The summed E-state index contributed by atoms with van der Waals surface area (Å²) >= 11 is 8.03. The molecular formula is C32H28ClN3O4S. The Morgan fingerprint density at radius 2 is 1.61 bits per heavy atom. The van der Waals surface area contributed by atoms with Crippen molar-refractivity contribution in [2.75, 3.05) is 18.4 Å². The second kappa shape index (κ2) is 11.5. The van der Waals surface area contributed by atoms with Gasteiger partial charge < -0.3 is 15.3 Å². The van der Waals surface area contributed by atoms with Gasteiger partial charge in [-0.25, -0.2) is 9.78 Å². The van der Waals surface area contributed by atoms with E-state index < -0.39 is 5.97 Å². The molecular weight excluding hydrogens is 558 g/mol. The summed E-state index contributed by atoms with van der Waals surface area (Å²) in [6.45, 7) is 1.11. The number of aromatic carboxylic acids is 1. The van der Waals surface area contributed by atoms with Crippen LogP contribution in [0.25, 0.3) is 10.4 Å². The predicted molar refractivity (Wildman–Crippen MR) is 160 cm³/mol. The topological polar surface area (TPSA) is 99.6 Å². The number of halogens is 1. The molecule has 41 heavy (non-hydrogen) atoms. The fourth-order valence-corrected chi connectivity index (χ4v) is 6.66. The highest BCUT2D eigenvalue weighted by Crippen LogP contribution is 2.45. The summed E-state index contributed by atoms with van der Waals surface area (Å²) in [7, 11) is 0. The number of nitrogens with one attached hydrogen (secondary N) is 1. The van der Waals surface area contributed by atoms with E-state index in [4.69, 9.17) is 21.7 Å². The molecule has 2 N–H and O–H groups in total. The lowest BCUT2D eigenvalue weighted by molar-refractivity contribution is 0.0691. The number of carboxylic acids is 1. The summed E-state index contributed by atoms with van der Waals surface area (Å²) < 4.78 is 0. The van der Waals surface area contributed by atoms with Crippen molar-refractivity contribution in [3.8, 4) is 10.4 Å². The zero-order valence-corrected chi connectivity index (χ0v) is 23.8. The zero-order chi connectivity index (χ0) is 28.5. The fourth-order valence-electron chi connectivity index (χ4n) is 5.22. The first-order chi connectivity index (χ1) is 19.9. The van der Waals surface area contributed by atoms with Gasteiger partial charge in [-0.15, -0.1) is 11.3 Å². The molecule has 1 aliphatic heterocycles. The van der Waals surface area contributed by atoms with E-state index in [2.05, 4.69) is 5.32 Å². The molecule has 1 aromatic heterocycles. The normalized spacial score (nSPS) is 15.5. The molecule has 1 saturated carbocycles. The Morgan fingerprint density at radius 1 is 0.902 bits per heavy atom. The van der Waals surface area contributed by atoms with Crippen LogP contribution in [-0.4, -0.2) is 45.9 Å². The summed E-state index contributed by atoms with van der Waals surface area (Å²) in [5.41, 5.74) is 3.51. The molecule has 0 spiro atoms. The maximum Gasteiger partial charge on any atom is 0.335 e. The molecule has 4 aromatic rings. The van der Waals surface area contributed by atoms with Gasteiger partial charge in [-0.05, 0) is 73.1 Å². The van der Waals surface area contributed by atoms with E-state index in [1.165, 1.54) is 0 Å². The molecule has 1 saturated heterocycles. The Bertz CT molecular complexity index is 1610. The van der Waals surface area contributed by atoms with Crippen molar-refractivity contribution in [3.05, 3.63) is 105 Å². The predicted octanol–water partition coefficient (Wildman–Crippen LogP) is 7.31. The molecule has 0 radical (unpaired) electrons. The molecule has 2 fully saturated rings. The summed E-state index contributed by atoms with van der Waals surface area (Å²) in [5.74, 6) is -0.765. The van der Waals surface area contributed by atoms with Crippen LogP contribution in [0.4, 0.5) is 5.69 Å². The number of aromatic nitrogens is 1. The Hall–Kier alpha value is -4.01. The van der Waals surface area contributed by atoms with Crippen LogP contribution in [0.1, 0.15) is 79.3 Å². The molecule has 9 heteroatoms. The Kier molecular flexibility index (Phi) is 7.60. The SMILES string of the molecule is O=C(O)c1ccc(C2CCN(C(=O)c3cc(NC(=O)c4nc(C5CC5)sc4-c4ccccc4)ccc3Cl)CC2)cc1. The number of carbonyl (C=O) groups is 3. The molecule has 0 atom stereocenters. The minimum Gasteiger partial charge on any atom is -0.478 e. The maximum absolute atomic E-state index is 13.5. The third-order valence-electron chi connectivity index (χ3n) is 7.69. The second-order valence-electron chi connectivity index (χ2n) is 10.5. The van der Waals surface area contributed by atoms with E-state index in [-0.39, 0.29) is 23.3 Å². The Morgan fingerprint density at radius 3 is 2.27 bits per heavy atom. The number of rotatable bonds is 7. The lowest BCUT2D eigenvalue weighted by Crippen LogP contribution is -2.38. The van der Waals surface area contributed by atoms with Crippen molar-refractivity contribution in [1.29, 1.82) is 0 Å². The molecule has 208 valence electrons. The first-order valence-electron chi connectivity index (χ1n) is 13.7. The van der Waals surface area contributed by atoms with Crippen LogP contribution in [0, 0.1) is 0 Å². The number of carboxylic acid groups (broad SMARTS) is 1. The van der Waals surface area contributed by atoms with Gasteiger partial charge in [0, 0.05) is 24.7 Å². The second-order valence-corrected chi connectivity index (χ2v) is 12.0. The van der Waals surface area contributed by atoms with E-state index in [0.29, 0.717) is 41.0 Å². The third kappa shape index (κ3) is 5.89. The highest BCUT2D eigenvalue weighted by atomic mass is 35.5. The van der Waals surface area contributed by atoms with Crippen LogP contribution in [0.5, 0.6) is 0 Å². The van der Waals surface area contributed by atoms with Gasteiger partial charge >= 0.3 is 5.97 Å². The maximum atomic E-state index is 13.5. The van der Waals surface area contributed by atoms with Gasteiger partial charge in [-0.1, -0.05) is 54.1 Å². The number of likely N-dealkylation sites (tertiary alicyclic amines) is 1. The number of hydrogen-bond acceptors (Lipinski definition) is 5. The van der Waals surface area contributed by atoms with Crippen molar-refractivity contribution in [2.24, 2.45) is 0 Å². The monoisotopic (exact) mass is 585 g/mol. The quantitative estimate of drug-likeness (QED) is 0.237. The summed E-state index contributed by atoms with van der Waals surface area (Å²) in [5, 5.41) is 13.4. The number of piperidine rings is 1. The molecule has 3 aromatic carbocycles. The largest absolute Gasteiger partial charge is 0.478 e. The van der Waals surface area contributed by atoms with Crippen LogP contribution in [0.2, 0.25) is 5.02 Å². The molecule has 2 heterocycles. The first-order valence-corrected chi connectivity index (χ1v) is 14.9. The molecule has 0 bridgehead atoms. The van der Waals surface area contributed by atoms with Gasteiger partial charge in [-0.3, -0.25) is 9.59 Å². The summed E-state index contributed by atoms with van der Waals surface area (Å²) in [4.78, 5) is 45.4. The average Bonchev–Trinajstić information content (AvgIpc) is 3.76. The van der Waals surface area contributed by atoms with Crippen LogP contribution in [0.15, 0.2) is 72.8 Å². The number of nitrogens with zero attached hydrogens (tertiary/aromatic N) is 2. The van der Waals surface area contributed by atoms with Crippen molar-refractivity contribution in [1.82, 2.24) is 9.88 Å². The minimum atomic E-state index is -0.946. The zero-order valence-electron chi connectivity index (χ0n) is 22.2. The minimum absolute atomic E-state index is 0.180. The van der Waals surface area contributed by atoms with E-state index >= 15 is 0 Å². The van der Waals surface area contributed by atoms with Crippen molar-refractivity contribution in [3.63, 3.8) is 0 Å². The smallest absolute Gasteiger partial charge is 0.335 e. The molecule has 1 aliphatic carbocycles. The van der Waals surface area contributed by atoms with Gasteiger partial charge in [0.1, 0.15) is 5.69 Å². The fraction of sp³-hybridized carbons (Fsp3) is 0.250. The standard InChI is InChI=1S/C32H28ClN3O4S/c33-26-13-12-24(34-29(37)27-28(21-4-2-1-3-5-21)41-30(35-27)22-8-9-22)18-25(26)31(38)36-16-14-20(15-17-36)19-6-10-23(11-7-19)32(39)40/h1-7,10-13,18,20,22H,8-9,14-17H2,(H,34,37)(H,39,40). The van der Waals surface area contributed by atoms with Gasteiger partial charge in [0.15, 0.2) is 0 Å². The van der Waals surface area contributed by atoms with Gasteiger partial charge in [-0.2, -0.15) is 0 Å². The van der Waals surface area contributed by atoms with E-state index in [1.54, 1.807) is 46.6 Å². The van der Waals surface area contributed by atoms with E-state index in [0.717, 1.165) is 46.7 Å². The van der Waals surface area contributed by atoms with Crippen molar-refractivity contribution < 1.29 is 19.5 Å².